The molecule has 0 fully saturated rings. The molecule has 0 atom stereocenters. The normalized spacial score (nSPS) is 15.1. The van der Waals surface area contributed by atoms with Gasteiger partial charge in [0.15, 0.2) is 0 Å². The van der Waals surface area contributed by atoms with Crippen LogP contribution in [-0.4, -0.2) is 14.3 Å². The molecular weight excluding hydrogens is 222 g/mol. The van der Waals surface area contributed by atoms with Gasteiger partial charge < -0.3 is 4.42 Å². The van der Waals surface area contributed by atoms with Crippen LogP contribution in [0, 0.1) is 0 Å². The van der Waals surface area contributed by atoms with Crippen LogP contribution < -0.4 is 11.1 Å². The molecule has 0 radical (unpaired) electrons. The Hall–Kier alpha value is -2.08. The summed E-state index contributed by atoms with van der Waals surface area (Å²) in [6.45, 7) is 1.41. The van der Waals surface area contributed by atoms with Crippen molar-refractivity contribution in [3.05, 3.63) is 57.0 Å². The molecule has 0 N–H and O–H groups in total. The number of furan rings is 1. The number of aromatic nitrogens is 2. The molecule has 6 nitrogen and oxygen atoms in total. The third-order valence-corrected chi connectivity index (χ3v) is 2.80. The molecule has 3 heterocycles. The van der Waals surface area contributed by atoms with E-state index in [0.29, 0.717) is 19.9 Å². The Balaban J connectivity index is 1.88. The van der Waals surface area contributed by atoms with Crippen LogP contribution in [0.2, 0.25) is 0 Å². The van der Waals surface area contributed by atoms with Gasteiger partial charge in [-0.1, -0.05) is 0 Å². The SMILES string of the molecule is O=c1ccc(=O)n2n1CN(Cc1ccco1)C2. The average molecular weight is 233 g/mol. The molecule has 1 aliphatic rings. The molecule has 0 amide bonds. The van der Waals surface area contributed by atoms with E-state index >= 15 is 0 Å². The van der Waals surface area contributed by atoms with Crippen LogP contribution in [0.1, 0.15) is 5.76 Å². The van der Waals surface area contributed by atoms with Gasteiger partial charge in [0.05, 0.1) is 26.1 Å². The third kappa shape index (κ3) is 1.72. The molecular formula is C11H11N3O3. The van der Waals surface area contributed by atoms with Crippen molar-refractivity contribution in [1.82, 2.24) is 14.3 Å². The summed E-state index contributed by atoms with van der Waals surface area (Å²) >= 11 is 0. The molecule has 0 unspecified atom stereocenters. The highest BCUT2D eigenvalue weighted by Crippen LogP contribution is 2.10. The van der Waals surface area contributed by atoms with Crippen LogP contribution in [0.25, 0.3) is 0 Å². The second-order valence-corrected chi connectivity index (χ2v) is 4.00. The number of rotatable bonds is 2. The lowest BCUT2D eigenvalue weighted by molar-refractivity contribution is 0.216. The highest BCUT2D eigenvalue weighted by molar-refractivity contribution is 4.98. The molecule has 3 rings (SSSR count). The first kappa shape index (κ1) is 10.1. The van der Waals surface area contributed by atoms with Crippen LogP contribution in [-0.2, 0) is 19.9 Å². The zero-order valence-corrected chi connectivity index (χ0v) is 9.07. The maximum atomic E-state index is 11.6. The van der Waals surface area contributed by atoms with Gasteiger partial charge in [-0.2, -0.15) is 0 Å². The second-order valence-electron chi connectivity index (χ2n) is 4.00. The molecule has 0 spiro atoms. The van der Waals surface area contributed by atoms with E-state index in [2.05, 4.69) is 0 Å². The number of hydrogen-bond donors (Lipinski definition) is 0. The third-order valence-electron chi connectivity index (χ3n) is 2.80. The minimum Gasteiger partial charge on any atom is -0.468 e. The first-order valence-electron chi connectivity index (χ1n) is 5.30. The zero-order chi connectivity index (χ0) is 11.8. The van der Waals surface area contributed by atoms with E-state index < -0.39 is 0 Å². The second kappa shape index (κ2) is 3.74. The van der Waals surface area contributed by atoms with Gasteiger partial charge in [0.25, 0.3) is 11.1 Å². The Bertz CT molecular complexity index is 600. The zero-order valence-electron chi connectivity index (χ0n) is 9.07. The fourth-order valence-electron chi connectivity index (χ4n) is 1.99. The smallest absolute Gasteiger partial charge is 0.266 e. The van der Waals surface area contributed by atoms with Crippen LogP contribution >= 0.6 is 0 Å². The molecule has 17 heavy (non-hydrogen) atoms. The van der Waals surface area contributed by atoms with Crippen molar-refractivity contribution in [2.45, 2.75) is 19.9 Å². The van der Waals surface area contributed by atoms with E-state index in [4.69, 9.17) is 4.42 Å². The summed E-state index contributed by atoms with van der Waals surface area (Å²) in [6.07, 6.45) is 1.61. The predicted octanol–water partition coefficient (Wildman–Crippen LogP) is 0.0338. The minimum absolute atomic E-state index is 0.161. The molecule has 6 heteroatoms. The summed E-state index contributed by atoms with van der Waals surface area (Å²) < 4.78 is 8.11. The number of nitrogens with zero attached hydrogens (tertiary/aromatic N) is 3. The minimum atomic E-state index is -0.161. The maximum Gasteiger partial charge on any atom is 0.266 e. The summed E-state index contributed by atoms with van der Waals surface area (Å²) in [6, 6.07) is 6.29. The largest absolute Gasteiger partial charge is 0.468 e. The predicted molar refractivity (Wildman–Crippen MR) is 59.2 cm³/mol. The molecule has 0 bridgehead atoms. The van der Waals surface area contributed by atoms with E-state index in [1.807, 2.05) is 17.0 Å². The molecule has 2 aromatic rings. The summed E-state index contributed by atoms with van der Waals surface area (Å²) in [5.41, 5.74) is -0.321. The molecule has 0 aromatic carbocycles. The van der Waals surface area contributed by atoms with Crippen LogP contribution in [0.5, 0.6) is 0 Å². The van der Waals surface area contributed by atoms with Gasteiger partial charge in [-0.05, 0) is 12.1 Å². The van der Waals surface area contributed by atoms with Crippen LogP contribution in [0.15, 0.2) is 44.5 Å². The topological polar surface area (TPSA) is 60.4 Å². The Labute approximate surface area is 96.3 Å². The lowest BCUT2D eigenvalue weighted by Gasteiger charge is -2.09. The molecule has 0 aliphatic carbocycles. The summed E-state index contributed by atoms with van der Waals surface area (Å²) in [4.78, 5) is 25.1. The summed E-state index contributed by atoms with van der Waals surface area (Å²) in [7, 11) is 0. The van der Waals surface area contributed by atoms with Crippen molar-refractivity contribution < 1.29 is 4.42 Å². The fourth-order valence-corrected chi connectivity index (χ4v) is 1.99. The lowest BCUT2D eigenvalue weighted by atomic mass is 10.4. The van der Waals surface area contributed by atoms with E-state index in [0.717, 1.165) is 5.76 Å². The highest BCUT2D eigenvalue weighted by Gasteiger charge is 2.20. The van der Waals surface area contributed by atoms with E-state index in [1.165, 1.54) is 21.5 Å². The Morgan fingerprint density at radius 2 is 1.71 bits per heavy atom. The van der Waals surface area contributed by atoms with Crippen molar-refractivity contribution >= 4 is 0 Å². The van der Waals surface area contributed by atoms with Gasteiger partial charge in [0.1, 0.15) is 5.76 Å². The summed E-state index contributed by atoms with van der Waals surface area (Å²) in [5.74, 6) is 0.818. The Morgan fingerprint density at radius 3 is 2.24 bits per heavy atom. The first-order chi connectivity index (χ1) is 8.24. The Kier molecular flexibility index (Phi) is 2.22. The maximum absolute atomic E-state index is 11.6. The van der Waals surface area contributed by atoms with Crippen molar-refractivity contribution in [3.63, 3.8) is 0 Å². The van der Waals surface area contributed by atoms with Crippen LogP contribution in [0.3, 0.4) is 0 Å². The Morgan fingerprint density at radius 1 is 1.06 bits per heavy atom. The standard InChI is InChI=1S/C11H11N3O3/c15-10-3-4-11(16)14-8-12(7-13(10)14)6-9-2-1-5-17-9/h1-5H,6-8H2. The van der Waals surface area contributed by atoms with Gasteiger partial charge in [-0.3, -0.25) is 14.5 Å². The fraction of sp³-hybridized carbons (Fsp3) is 0.273. The quantitative estimate of drug-likeness (QED) is 0.734. The summed E-state index contributed by atoms with van der Waals surface area (Å²) in [5, 5.41) is 0. The van der Waals surface area contributed by atoms with Crippen molar-refractivity contribution in [2.75, 3.05) is 0 Å². The van der Waals surface area contributed by atoms with Gasteiger partial charge in [-0.25, -0.2) is 9.36 Å². The molecule has 88 valence electrons. The highest BCUT2D eigenvalue weighted by atomic mass is 16.3. The van der Waals surface area contributed by atoms with E-state index in [9.17, 15) is 9.59 Å². The van der Waals surface area contributed by atoms with Gasteiger partial charge in [0, 0.05) is 12.1 Å². The first-order valence-corrected chi connectivity index (χ1v) is 5.30. The number of fused-ring (bicyclic) bond motifs is 1. The van der Waals surface area contributed by atoms with Gasteiger partial charge >= 0.3 is 0 Å². The number of hydrogen-bond acceptors (Lipinski definition) is 4. The molecule has 0 saturated carbocycles. The van der Waals surface area contributed by atoms with Crippen molar-refractivity contribution in [3.8, 4) is 0 Å². The van der Waals surface area contributed by atoms with Crippen LogP contribution in [0.4, 0.5) is 0 Å². The molecule has 2 aromatic heterocycles. The molecule has 1 aliphatic heterocycles. The average Bonchev–Trinajstić information content (AvgIpc) is 2.94. The van der Waals surface area contributed by atoms with Crippen molar-refractivity contribution in [2.24, 2.45) is 0 Å². The van der Waals surface area contributed by atoms with Gasteiger partial charge in [0.2, 0.25) is 0 Å². The van der Waals surface area contributed by atoms with Gasteiger partial charge in [-0.15, -0.1) is 0 Å². The van der Waals surface area contributed by atoms with E-state index in [1.54, 1.807) is 6.26 Å². The molecule has 0 saturated heterocycles. The lowest BCUT2D eigenvalue weighted by Crippen LogP contribution is -2.32. The van der Waals surface area contributed by atoms with Crippen molar-refractivity contribution in [1.29, 1.82) is 0 Å². The monoisotopic (exact) mass is 233 g/mol. The van der Waals surface area contributed by atoms with E-state index in [-0.39, 0.29) is 11.1 Å².